The van der Waals surface area contributed by atoms with Gasteiger partial charge < -0.3 is 10.3 Å². The lowest BCUT2D eigenvalue weighted by atomic mass is 9.95. The van der Waals surface area contributed by atoms with Gasteiger partial charge in [-0.05, 0) is 55.5 Å². The van der Waals surface area contributed by atoms with Crippen molar-refractivity contribution in [3.8, 4) is 0 Å². The second kappa shape index (κ2) is 9.09. The summed E-state index contributed by atoms with van der Waals surface area (Å²) in [5.41, 5.74) is 6.02. The van der Waals surface area contributed by atoms with Gasteiger partial charge in [-0.3, -0.25) is 4.79 Å². The fraction of sp³-hybridized carbons (Fsp3) is 0.222. The normalized spacial score (nSPS) is 13.3. The van der Waals surface area contributed by atoms with Gasteiger partial charge in [0.05, 0.1) is 6.04 Å². The van der Waals surface area contributed by atoms with Crippen molar-refractivity contribution in [2.24, 2.45) is 0 Å². The van der Waals surface area contributed by atoms with Gasteiger partial charge in [-0.25, -0.2) is 0 Å². The average molecular weight is 431 g/mol. The maximum Gasteiger partial charge on any atom is 0.186 e. The van der Waals surface area contributed by atoms with Gasteiger partial charge in [0, 0.05) is 33.7 Å². The van der Waals surface area contributed by atoms with E-state index >= 15 is 0 Å². The minimum absolute atomic E-state index is 0.0568. The maximum absolute atomic E-state index is 13.7. The molecule has 0 aliphatic rings. The first-order valence-electron chi connectivity index (χ1n) is 10.6. The zero-order valence-electron chi connectivity index (χ0n) is 18.1. The lowest BCUT2D eigenvalue weighted by Gasteiger charge is -2.23. The number of hydrogen-bond donors (Lipinski definition) is 2. The van der Waals surface area contributed by atoms with Crippen LogP contribution in [0.3, 0.4) is 0 Å². The highest BCUT2D eigenvalue weighted by Gasteiger charge is 2.26. The molecule has 4 aromatic rings. The summed E-state index contributed by atoms with van der Waals surface area (Å²) in [5, 5.41) is 5.30. The number of hydrogen-bond acceptors (Lipinski definition) is 2. The van der Waals surface area contributed by atoms with Crippen molar-refractivity contribution in [1.29, 1.82) is 0 Å². The number of aryl methyl sites for hydroxylation is 2. The SMILES string of the molecule is Cc1ccc(C[C@@H](C)N[C@@H](C(=O)c2c[nH]c3c(C)cccc23)c2ccccc2)c(Cl)c1. The standard InChI is InChI=1S/C27H27ClN2O/c1-17-12-13-21(24(28)14-17)15-19(3)30-26(20-9-5-4-6-10-20)27(31)23-16-29-25-18(2)8-7-11-22(23)25/h4-14,16,19,26,29-30H,15H2,1-3H3/t19-,26-/m1/s1. The monoisotopic (exact) mass is 430 g/mol. The Morgan fingerprint density at radius 2 is 1.81 bits per heavy atom. The summed E-state index contributed by atoms with van der Waals surface area (Å²) in [5.74, 6) is 0.0601. The predicted octanol–water partition coefficient (Wildman–Crippen LogP) is 6.58. The Kier molecular flexibility index (Phi) is 6.26. The van der Waals surface area contributed by atoms with E-state index < -0.39 is 6.04 Å². The van der Waals surface area contributed by atoms with Crippen molar-refractivity contribution < 1.29 is 4.79 Å². The second-order valence-electron chi connectivity index (χ2n) is 8.27. The Labute approximate surface area is 188 Å². The molecule has 0 bridgehead atoms. The van der Waals surface area contributed by atoms with Crippen LogP contribution >= 0.6 is 11.6 Å². The highest BCUT2D eigenvalue weighted by molar-refractivity contribution is 6.31. The smallest absolute Gasteiger partial charge is 0.186 e. The minimum Gasteiger partial charge on any atom is -0.360 e. The van der Waals surface area contributed by atoms with Crippen molar-refractivity contribution in [2.75, 3.05) is 0 Å². The quantitative estimate of drug-likeness (QED) is 0.325. The number of carbonyl (C=O) groups is 1. The number of ketones is 1. The number of H-pyrrole nitrogens is 1. The summed E-state index contributed by atoms with van der Waals surface area (Å²) in [6.07, 6.45) is 2.57. The maximum atomic E-state index is 13.7. The molecule has 0 spiro atoms. The third-order valence-electron chi connectivity index (χ3n) is 5.77. The van der Waals surface area contributed by atoms with Crippen LogP contribution in [0.25, 0.3) is 10.9 Å². The first kappa shape index (κ1) is 21.4. The van der Waals surface area contributed by atoms with E-state index in [0.717, 1.165) is 44.6 Å². The predicted molar refractivity (Wildman–Crippen MR) is 129 cm³/mol. The number of Topliss-reactive ketones (excluding diaryl/α,β-unsaturated/α-hetero) is 1. The van der Waals surface area contributed by atoms with Crippen LogP contribution < -0.4 is 5.32 Å². The van der Waals surface area contributed by atoms with Gasteiger partial charge in [0.15, 0.2) is 5.78 Å². The van der Waals surface area contributed by atoms with Crippen LogP contribution in [-0.4, -0.2) is 16.8 Å². The topological polar surface area (TPSA) is 44.9 Å². The molecule has 0 unspecified atom stereocenters. The van der Waals surface area contributed by atoms with Gasteiger partial charge in [-0.15, -0.1) is 0 Å². The zero-order valence-corrected chi connectivity index (χ0v) is 18.8. The van der Waals surface area contributed by atoms with Crippen molar-refractivity contribution in [2.45, 2.75) is 39.3 Å². The summed E-state index contributed by atoms with van der Waals surface area (Å²) in [7, 11) is 0. The van der Waals surface area contributed by atoms with E-state index in [1.54, 1.807) is 0 Å². The van der Waals surface area contributed by atoms with Gasteiger partial charge in [-0.1, -0.05) is 72.3 Å². The number of benzene rings is 3. The summed E-state index contributed by atoms with van der Waals surface area (Å²) >= 11 is 6.45. The average Bonchev–Trinajstić information content (AvgIpc) is 3.20. The van der Waals surface area contributed by atoms with Crippen LogP contribution in [0, 0.1) is 13.8 Å². The van der Waals surface area contributed by atoms with Gasteiger partial charge in [0.25, 0.3) is 0 Å². The molecule has 0 saturated carbocycles. The number of aromatic nitrogens is 1. The molecule has 3 nitrogen and oxygen atoms in total. The van der Waals surface area contributed by atoms with E-state index in [9.17, 15) is 4.79 Å². The van der Waals surface area contributed by atoms with E-state index in [4.69, 9.17) is 11.6 Å². The summed E-state index contributed by atoms with van der Waals surface area (Å²) in [6.45, 7) is 6.18. The highest BCUT2D eigenvalue weighted by atomic mass is 35.5. The first-order chi connectivity index (χ1) is 14.9. The molecule has 0 radical (unpaired) electrons. The molecule has 1 heterocycles. The Balaban J connectivity index is 1.64. The van der Waals surface area contributed by atoms with Crippen LogP contribution in [-0.2, 0) is 6.42 Å². The van der Waals surface area contributed by atoms with Gasteiger partial charge in [-0.2, -0.15) is 0 Å². The van der Waals surface area contributed by atoms with Gasteiger partial charge >= 0.3 is 0 Å². The van der Waals surface area contributed by atoms with Crippen molar-refractivity contribution in [1.82, 2.24) is 10.3 Å². The van der Waals surface area contributed by atoms with E-state index in [0.29, 0.717) is 5.56 Å². The molecule has 4 rings (SSSR count). The Hall–Kier alpha value is -2.88. The molecule has 0 amide bonds. The van der Waals surface area contributed by atoms with E-state index in [2.05, 4.69) is 29.4 Å². The number of carbonyl (C=O) groups excluding carboxylic acids is 1. The van der Waals surface area contributed by atoms with Crippen LogP contribution in [0.15, 0.2) is 72.9 Å². The molecule has 0 aliphatic carbocycles. The highest BCUT2D eigenvalue weighted by Crippen LogP contribution is 2.27. The molecular weight excluding hydrogens is 404 g/mol. The van der Waals surface area contributed by atoms with Crippen LogP contribution in [0.2, 0.25) is 5.02 Å². The van der Waals surface area contributed by atoms with E-state index in [1.807, 2.05) is 74.6 Å². The largest absolute Gasteiger partial charge is 0.360 e. The number of nitrogens with one attached hydrogen (secondary N) is 2. The minimum atomic E-state index is -0.445. The number of halogens is 1. The number of rotatable bonds is 7. The fourth-order valence-corrected chi connectivity index (χ4v) is 4.44. The van der Waals surface area contributed by atoms with Crippen LogP contribution in [0.4, 0.5) is 0 Å². The molecule has 0 aliphatic heterocycles. The van der Waals surface area contributed by atoms with Crippen molar-refractivity contribution in [3.05, 3.63) is 106 Å². The van der Waals surface area contributed by atoms with Gasteiger partial charge in [0.2, 0.25) is 0 Å². The first-order valence-corrected chi connectivity index (χ1v) is 11.0. The molecule has 2 N–H and O–H groups in total. The molecule has 31 heavy (non-hydrogen) atoms. The van der Waals surface area contributed by atoms with Crippen molar-refractivity contribution in [3.63, 3.8) is 0 Å². The summed E-state index contributed by atoms with van der Waals surface area (Å²) in [6, 6.07) is 21.7. The second-order valence-corrected chi connectivity index (χ2v) is 8.68. The molecule has 4 heteroatoms. The summed E-state index contributed by atoms with van der Waals surface area (Å²) < 4.78 is 0. The number of fused-ring (bicyclic) bond motifs is 1. The lowest BCUT2D eigenvalue weighted by Crippen LogP contribution is -2.36. The number of aromatic amines is 1. The van der Waals surface area contributed by atoms with Gasteiger partial charge in [0.1, 0.15) is 0 Å². The molecular formula is C27H27ClN2O. The lowest BCUT2D eigenvalue weighted by molar-refractivity contribution is 0.0938. The van der Waals surface area contributed by atoms with Crippen LogP contribution in [0.1, 0.15) is 45.6 Å². The molecule has 1 aromatic heterocycles. The third kappa shape index (κ3) is 4.58. The fourth-order valence-electron chi connectivity index (χ4n) is 4.13. The number of para-hydroxylation sites is 1. The summed E-state index contributed by atoms with van der Waals surface area (Å²) in [4.78, 5) is 17.0. The van der Waals surface area contributed by atoms with E-state index in [1.165, 1.54) is 0 Å². The van der Waals surface area contributed by atoms with Crippen LogP contribution in [0.5, 0.6) is 0 Å². The van der Waals surface area contributed by atoms with Crippen molar-refractivity contribution >= 4 is 28.3 Å². The molecule has 0 saturated heterocycles. The molecule has 158 valence electrons. The molecule has 2 atom stereocenters. The Bertz CT molecular complexity index is 1210. The molecule has 3 aromatic carbocycles. The Morgan fingerprint density at radius 1 is 1.03 bits per heavy atom. The van der Waals surface area contributed by atoms with E-state index in [-0.39, 0.29) is 11.8 Å². The zero-order chi connectivity index (χ0) is 22.0. The Morgan fingerprint density at radius 3 is 2.55 bits per heavy atom. The third-order valence-corrected chi connectivity index (χ3v) is 6.12. The molecule has 0 fully saturated rings.